The molecule has 5 rings (SSSR count). The number of terminal acetylenes is 1. The van der Waals surface area contributed by atoms with E-state index in [2.05, 4.69) is 36.9 Å². The number of anilines is 1. The number of thiazole rings is 1. The molecule has 2 atom stereocenters. The van der Waals surface area contributed by atoms with Gasteiger partial charge >= 0.3 is 5.97 Å². The fourth-order valence-electron chi connectivity index (χ4n) is 4.36. The molecule has 1 unspecified atom stereocenters. The SMILES string of the molecule is C#CCn1nnnc1SCC1=C(C(=O)O)N2C(=O)C(NC(=O)/C(=N\OC3CCCC3)c3csc(N)n3)[C@H]2SC1. The second-order valence-electron chi connectivity index (χ2n) is 8.75. The van der Waals surface area contributed by atoms with Gasteiger partial charge in [-0.15, -0.1) is 34.6 Å². The van der Waals surface area contributed by atoms with Crippen LogP contribution < -0.4 is 11.1 Å². The van der Waals surface area contributed by atoms with Crippen LogP contribution in [-0.4, -0.2) is 87.7 Å². The molecule has 204 valence electrons. The monoisotopic (exact) mass is 589 g/mol. The number of aromatic nitrogens is 5. The van der Waals surface area contributed by atoms with E-state index < -0.39 is 29.2 Å². The second-order valence-corrected chi connectivity index (χ2v) is 11.7. The highest BCUT2D eigenvalue weighted by Crippen LogP contribution is 2.41. The van der Waals surface area contributed by atoms with Crippen molar-refractivity contribution in [2.75, 3.05) is 17.2 Å². The Morgan fingerprint density at radius 2 is 2.18 bits per heavy atom. The van der Waals surface area contributed by atoms with E-state index in [9.17, 15) is 19.5 Å². The Labute approximate surface area is 234 Å². The van der Waals surface area contributed by atoms with Gasteiger partial charge in [-0.1, -0.05) is 22.8 Å². The molecule has 17 heteroatoms. The maximum atomic E-state index is 13.2. The van der Waals surface area contributed by atoms with Gasteiger partial charge in [0.2, 0.25) is 5.16 Å². The molecular weight excluding hydrogens is 567 g/mol. The van der Waals surface area contributed by atoms with E-state index in [1.165, 1.54) is 33.1 Å². The highest BCUT2D eigenvalue weighted by atomic mass is 32.2. The average Bonchev–Trinajstić information content (AvgIpc) is 3.69. The maximum Gasteiger partial charge on any atom is 0.352 e. The first-order valence-electron chi connectivity index (χ1n) is 11.9. The van der Waals surface area contributed by atoms with Crippen molar-refractivity contribution < 1.29 is 24.3 Å². The van der Waals surface area contributed by atoms with E-state index >= 15 is 0 Å². The van der Waals surface area contributed by atoms with Crippen molar-refractivity contribution >= 4 is 63.5 Å². The molecule has 0 spiro atoms. The Balaban J connectivity index is 1.30. The van der Waals surface area contributed by atoms with Crippen LogP contribution in [0.3, 0.4) is 0 Å². The number of fused-ring (bicyclic) bond motifs is 1. The van der Waals surface area contributed by atoms with Gasteiger partial charge < -0.3 is 21.0 Å². The minimum atomic E-state index is -1.23. The molecule has 39 heavy (non-hydrogen) atoms. The van der Waals surface area contributed by atoms with Crippen LogP contribution in [0.2, 0.25) is 0 Å². The van der Waals surface area contributed by atoms with Crippen LogP contribution in [0.5, 0.6) is 0 Å². The second kappa shape index (κ2) is 11.6. The summed E-state index contributed by atoms with van der Waals surface area (Å²) >= 11 is 3.73. The van der Waals surface area contributed by atoms with E-state index in [1.807, 2.05) is 0 Å². The van der Waals surface area contributed by atoms with Gasteiger partial charge in [-0.05, 0) is 41.7 Å². The number of β-lactam (4-membered cyclic amide) rings is 1. The van der Waals surface area contributed by atoms with E-state index in [0.29, 0.717) is 16.5 Å². The number of rotatable bonds is 10. The molecule has 0 radical (unpaired) electrons. The largest absolute Gasteiger partial charge is 0.477 e. The molecule has 2 fully saturated rings. The van der Waals surface area contributed by atoms with Gasteiger partial charge in [0.1, 0.15) is 35.5 Å². The minimum Gasteiger partial charge on any atom is -0.477 e. The number of hydrogen-bond donors (Lipinski definition) is 3. The van der Waals surface area contributed by atoms with E-state index in [4.69, 9.17) is 17.0 Å². The summed E-state index contributed by atoms with van der Waals surface area (Å²) in [5, 5.41) is 29.7. The number of nitrogens with one attached hydrogen (secondary N) is 1. The summed E-state index contributed by atoms with van der Waals surface area (Å²) in [6, 6.07) is -0.943. The molecule has 1 saturated heterocycles. The standard InChI is InChI=1S/C22H23N9O5S3/c1-2-7-30-22(26-28-29-30)39-9-11-8-37-19-15(18(33)31(19)16(11)20(34)35)25-17(32)14(13-10-38-21(23)24-13)27-36-12-5-3-4-6-12/h1,10,12,15,19H,3-9H2,(H2,23,24)(H,25,32)(H,34,35)/b27-14-/t15?,19-/m1/s1. The van der Waals surface area contributed by atoms with Crippen LogP contribution in [0.25, 0.3) is 0 Å². The van der Waals surface area contributed by atoms with Gasteiger partial charge in [-0.2, -0.15) is 0 Å². The van der Waals surface area contributed by atoms with Crippen molar-refractivity contribution in [2.24, 2.45) is 5.16 Å². The fraction of sp³-hybridized carbons (Fsp3) is 0.455. The molecule has 1 aliphatic carbocycles. The highest BCUT2D eigenvalue weighted by Gasteiger charge is 2.54. The highest BCUT2D eigenvalue weighted by molar-refractivity contribution is 8.01. The number of thioether (sulfide) groups is 2. The molecule has 0 aromatic carbocycles. The predicted octanol–water partition coefficient (Wildman–Crippen LogP) is 0.539. The van der Waals surface area contributed by atoms with Gasteiger partial charge in [0.25, 0.3) is 11.8 Å². The first-order valence-corrected chi connectivity index (χ1v) is 14.8. The Morgan fingerprint density at radius 3 is 2.87 bits per heavy atom. The van der Waals surface area contributed by atoms with Crippen LogP contribution in [0.15, 0.2) is 27.0 Å². The van der Waals surface area contributed by atoms with E-state index in [0.717, 1.165) is 37.0 Å². The molecule has 2 aromatic rings. The Morgan fingerprint density at radius 1 is 1.38 bits per heavy atom. The molecule has 2 aliphatic heterocycles. The van der Waals surface area contributed by atoms with Crippen molar-refractivity contribution in [3.63, 3.8) is 0 Å². The molecule has 14 nitrogen and oxygen atoms in total. The molecule has 1 saturated carbocycles. The number of carbonyl (C=O) groups excluding carboxylic acids is 2. The summed E-state index contributed by atoms with van der Waals surface area (Å²) in [6.07, 6.45) is 8.98. The van der Waals surface area contributed by atoms with Crippen LogP contribution >= 0.6 is 34.9 Å². The number of oxime groups is 1. The zero-order chi connectivity index (χ0) is 27.5. The molecule has 3 aliphatic rings. The smallest absolute Gasteiger partial charge is 0.352 e. The minimum absolute atomic E-state index is 0.0855. The average molecular weight is 590 g/mol. The Kier molecular flexibility index (Phi) is 8.04. The number of carboxylic acid groups (broad SMARTS) is 1. The van der Waals surface area contributed by atoms with Crippen molar-refractivity contribution in [1.29, 1.82) is 0 Å². The third kappa shape index (κ3) is 5.58. The maximum absolute atomic E-state index is 13.2. The third-order valence-corrected chi connectivity index (χ3v) is 9.28. The number of nitrogens with zero attached hydrogens (tertiary/aromatic N) is 7. The van der Waals surface area contributed by atoms with Crippen LogP contribution in [0, 0.1) is 12.3 Å². The topological polar surface area (TPSA) is 191 Å². The van der Waals surface area contributed by atoms with Gasteiger partial charge in [-0.3, -0.25) is 14.5 Å². The van der Waals surface area contributed by atoms with Crippen molar-refractivity contribution in [1.82, 2.24) is 35.4 Å². The summed E-state index contributed by atoms with van der Waals surface area (Å²) in [4.78, 5) is 49.5. The molecular formula is C22H23N9O5S3. The summed E-state index contributed by atoms with van der Waals surface area (Å²) in [6.45, 7) is 0.174. The lowest BCUT2D eigenvalue weighted by Crippen LogP contribution is -2.71. The first-order chi connectivity index (χ1) is 18.9. The Hall–Kier alpha value is -3.62. The number of hydrogen-bond acceptors (Lipinski definition) is 13. The number of aliphatic carboxylic acids is 1. The number of nitrogen functional groups attached to an aromatic ring is 1. The number of carboxylic acids is 1. The lowest BCUT2D eigenvalue weighted by molar-refractivity contribution is -0.150. The molecule has 2 amide bonds. The Bertz CT molecular complexity index is 1390. The van der Waals surface area contributed by atoms with Gasteiger partial charge in [0, 0.05) is 16.9 Å². The summed E-state index contributed by atoms with van der Waals surface area (Å²) in [5.74, 6) is 0.603. The van der Waals surface area contributed by atoms with Crippen LogP contribution in [-0.2, 0) is 25.8 Å². The normalized spacial score (nSPS) is 21.4. The predicted molar refractivity (Wildman–Crippen MR) is 143 cm³/mol. The zero-order valence-electron chi connectivity index (χ0n) is 20.3. The van der Waals surface area contributed by atoms with Crippen molar-refractivity contribution in [3.8, 4) is 12.3 Å². The molecule has 4 N–H and O–H groups in total. The number of amides is 2. The third-order valence-electron chi connectivity index (χ3n) is 6.23. The molecule has 0 bridgehead atoms. The van der Waals surface area contributed by atoms with Gasteiger partial charge in [0.15, 0.2) is 10.8 Å². The fourth-order valence-corrected chi connectivity index (χ4v) is 7.27. The van der Waals surface area contributed by atoms with Crippen molar-refractivity contribution in [3.05, 3.63) is 22.3 Å². The lowest BCUT2D eigenvalue weighted by atomic mass is 10.0. The number of nitrogens with two attached hydrogens (primary N) is 1. The zero-order valence-corrected chi connectivity index (χ0v) is 22.8. The van der Waals surface area contributed by atoms with Gasteiger partial charge in [-0.25, -0.2) is 14.5 Å². The lowest BCUT2D eigenvalue weighted by Gasteiger charge is -2.49. The van der Waals surface area contributed by atoms with Crippen LogP contribution in [0.1, 0.15) is 31.4 Å². The van der Waals surface area contributed by atoms with Crippen molar-refractivity contribution in [2.45, 2.75) is 54.9 Å². The number of tetrazole rings is 1. The summed E-state index contributed by atoms with van der Waals surface area (Å²) in [5.41, 5.74) is 6.33. The van der Waals surface area contributed by atoms with Gasteiger partial charge in [0.05, 0.1) is 0 Å². The molecule has 4 heterocycles. The molecule has 2 aromatic heterocycles. The number of carbonyl (C=O) groups is 3. The van der Waals surface area contributed by atoms with E-state index in [-0.39, 0.29) is 40.6 Å². The van der Waals surface area contributed by atoms with Crippen LogP contribution in [0.4, 0.5) is 5.13 Å². The summed E-state index contributed by atoms with van der Waals surface area (Å²) in [7, 11) is 0. The summed E-state index contributed by atoms with van der Waals surface area (Å²) < 4.78 is 1.43. The first kappa shape index (κ1) is 27.0. The van der Waals surface area contributed by atoms with E-state index in [1.54, 1.807) is 5.38 Å². The quantitative estimate of drug-likeness (QED) is 0.115.